The second-order valence-corrected chi connectivity index (χ2v) is 4.61. The predicted octanol–water partition coefficient (Wildman–Crippen LogP) is 2.37. The lowest BCUT2D eigenvalue weighted by molar-refractivity contribution is 0.102. The van der Waals surface area contributed by atoms with Crippen LogP contribution in [0.25, 0.3) is 0 Å². The second kappa shape index (κ2) is 5.14. The van der Waals surface area contributed by atoms with Gasteiger partial charge in [0.15, 0.2) is 0 Å². The van der Waals surface area contributed by atoms with Gasteiger partial charge in [-0.25, -0.2) is 0 Å². The van der Waals surface area contributed by atoms with Crippen LogP contribution in [-0.2, 0) is 6.42 Å². The molecule has 94 valence electrons. The van der Waals surface area contributed by atoms with Crippen molar-refractivity contribution in [1.29, 1.82) is 0 Å². The van der Waals surface area contributed by atoms with E-state index in [1.807, 2.05) is 6.92 Å². The van der Waals surface area contributed by atoms with E-state index < -0.39 is 0 Å². The Morgan fingerprint density at radius 3 is 2.94 bits per heavy atom. The summed E-state index contributed by atoms with van der Waals surface area (Å²) in [5.74, 6) is -0.0870. The molecule has 2 aromatic rings. The Kier molecular flexibility index (Phi) is 3.57. The summed E-state index contributed by atoms with van der Waals surface area (Å²) < 4.78 is 3.77. The monoisotopic (exact) mass is 263 g/mol. The maximum Gasteiger partial charge on any atom is 0.269 e. The van der Waals surface area contributed by atoms with Gasteiger partial charge in [-0.05, 0) is 36.5 Å². The average molecular weight is 263 g/mol. The lowest BCUT2D eigenvalue weighted by atomic mass is 10.2. The van der Waals surface area contributed by atoms with Crippen LogP contribution in [0.4, 0.5) is 5.69 Å². The van der Waals surface area contributed by atoms with Gasteiger partial charge in [0, 0.05) is 11.8 Å². The van der Waals surface area contributed by atoms with E-state index in [1.165, 1.54) is 6.07 Å². The molecule has 2 N–H and O–H groups in total. The number of aryl methyl sites for hydroxylation is 2. The van der Waals surface area contributed by atoms with Crippen LogP contribution >= 0.6 is 11.5 Å². The number of phenols is 1. The zero-order valence-electron chi connectivity index (χ0n) is 10.1. The first kappa shape index (κ1) is 12.5. The minimum absolute atomic E-state index is 0.158. The molecular weight excluding hydrogens is 250 g/mol. The lowest BCUT2D eigenvalue weighted by Gasteiger charge is -2.06. The fraction of sp³-hybridized carbons (Fsp3) is 0.250. The molecule has 1 amide bonds. The van der Waals surface area contributed by atoms with Crippen molar-refractivity contribution in [3.63, 3.8) is 0 Å². The van der Waals surface area contributed by atoms with E-state index in [0.29, 0.717) is 22.7 Å². The Hall–Kier alpha value is -1.95. The van der Waals surface area contributed by atoms with Crippen molar-refractivity contribution in [2.45, 2.75) is 20.3 Å². The zero-order chi connectivity index (χ0) is 13.1. The van der Waals surface area contributed by atoms with Crippen LogP contribution < -0.4 is 5.32 Å². The topological polar surface area (TPSA) is 75.1 Å². The number of benzene rings is 1. The van der Waals surface area contributed by atoms with Crippen LogP contribution in [0.15, 0.2) is 18.2 Å². The maximum atomic E-state index is 12.0. The van der Waals surface area contributed by atoms with Crippen molar-refractivity contribution in [2.75, 3.05) is 5.32 Å². The summed E-state index contributed by atoms with van der Waals surface area (Å²) in [6, 6.07) is 5.01. The van der Waals surface area contributed by atoms with E-state index in [-0.39, 0.29) is 11.7 Å². The number of carbonyl (C=O) groups is 1. The first-order valence-electron chi connectivity index (χ1n) is 5.54. The van der Waals surface area contributed by atoms with Crippen molar-refractivity contribution in [2.24, 2.45) is 0 Å². The molecule has 18 heavy (non-hydrogen) atoms. The molecule has 0 saturated heterocycles. The number of amides is 1. The van der Waals surface area contributed by atoms with E-state index in [0.717, 1.165) is 17.1 Å². The number of hydrogen-bond acceptors (Lipinski definition) is 5. The van der Waals surface area contributed by atoms with Crippen LogP contribution in [0.3, 0.4) is 0 Å². The highest BCUT2D eigenvalue weighted by Gasteiger charge is 2.15. The minimum Gasteiger partial charge on any atom is -0.508 e. The van der Waals surface area contributed by atoms with Gasteiger partial charge in [0.2, 0.25) is 0 Å². The van der Waals surface area contributed by atoms with Crippen LogP contribution in [0.5, 0.6) is 5.75 Å². The van der Waals surface area contributed by atoms with Crippen molar-refractivity contribution in [1.82, 2.24) is 9.59 Å². The predicted molar refractivity (Wildman–Crippen MR) is 70.1 cm³/mol. The quantitative estimate of drug-likeness (QED) is 0.891. The molecule has 1 aromatic heterocycles. The minimum atomic E-state index is -0.245. The molecule has 0 aliphatic heterocycles. The maximum absolute atomic E-state index is 12.0. The molecule has 0 atom stereocenters. The number of carbonyl (C=O) groups excluding carboxylic acids is 1. The van der Waals surface area contributed by atoms with Gasteiger partial charge in [0.25, 0.3) is 5.91 Å². The standard InChI is InChI=1S/C12H13N3O2S/c1-3-9-11(18-15-14-9)12(17)13-8-5-4-7(2)10(16)6-8/h4-6,16H,3H2,1-2H3,(H,13,17). The van der Waals surface area contributed by atoms with Gasteiger partial charge >= 0.3 is 0 Å². The van der Waals surface area contributed by atoms with Crippen LogP contribution in [-0.4, -0.2) is 20.6 Å². The van der Waals surface area contributed by atoms with Gasteiger partial charge in [-0.3, -0.25) is 4.79 Å². The lowest BCUT2D eigenvalue weighted by Crippen LogP contribution is -2.12. The highest BCUT2D eigenvalue weighted by Crippen LogP contribution is 2.22. The number of aromatic hydroxyl groups is 1. The van der Waals surface area contributed by atoms with Gasteiger partial charge in [0.05, 0.1) is 5.69 Å². The zero-order valence-corrected chi connectivity index (χ0v) is 10.9. The van der Waals surface area contributed by atoms with E-state index in [4.69, 9.17) is 0 Å². The number of nitrogens with zero attached hydrogens (tertiary/aromatic N) is 2. The Morgan fingerprint density at radius 2 is 2.28 bits per heavy atom. The van der Waals surface area contributed by atoms with Gasteiger partial charge in [0.1, 0.15) is 10.6 Å². The van der Waals surface area contributed by atoms with E-state index in [2.05, 4.69) is 14.9 Å². The average Bonchev–Trinajstić information content (AvgIpc) is 2.82. The third-order valence-corrected chi connectivity index (χ3v) is 3.33. The molecule has 6 heteroatoms. The highest BCUT2D eigenvalue weighted by molar-refractivity contribution is 7.08. The number of rotatable bonds is 3. The molecule has 2 rings (SSSR count). The van der Waals surface area contributed by atoms with Gasteiger partial charge < -0.3 is 10.4 Å². The summed E-state index contributed by atoms with van der Waals surface area (Å²) in [4.78, 5) is 12.5. The van der Waals surface area contributed by atoms with Crippen LogP contribution in [0.1, 0.15) is 27.9 Å². The van der Waals surface area contributed by atoms with Crippen molar-refractivity contribution in [3.8, 4) is 5.75 Å². The first-order valence-corrected chi connectivity index (χ1v) is 6.31. The van der Waals surface area contributed by atoms with Gasteiger partial charge in [-0.2, -0.15) is 0 Å². The molecule has 1 heterocycles. The van der Waals surface area contributed by atoms with E-state index in [9.17, 15) is 9.90 Å². The molecule has 0 saturated carbocycles. The largest absolute Gasteiger partial charge is 0.508 e. The Morgan fingerprint density at radius 1 is 1.50 bits per heavy atom. The summed E-state index contributed by atoms with van der Waals surface area (Å²) in [6.45, 7) is 3.72. The van der Waals surface area contributed by atoms with Crippen LogP contribution in [0, 0.1) is 6.92 Å². The smallest absolute Gasteiger partial charge is 0.269 e. The number of nitrogens with one attached hydrogen (secondary N) is 1. The first-order chi connectivity index (χ1) is 8.61. The Labute approximate surface area is 109 Å². The molecule has 0 aliphatic rings. The van der Waals surface area contributed by atoms with E-state index in [1.54, 1.807) is 19.1 Å². The molecule has 0 bridgehead atoms. The van der Waals surface area contributed by atoms with Gasteiger partial charge in [-0.15, -0.1) is 5.10 Å². The summed E-state index contributed by atoms with van der Waals surface area (Å²) >= 11 is 1.07. The molecule has 0 unspecified atom stereocenters. The molecule has 0 fully saturated rings. The molecule has 1 aromatic carbocycles. The molecule has 0 spiro atoms. The number of anilines is 1. The van der Waals surface area contributed by atoms with Crippen molar-refractivity contribution < 1.29 is 9.90 Å². The highest BCUT2D eigenvalue weighted by atomic mass is 32.1. The summed E-state index contributed by atoms with van der Waals surface area (Å²) in [5, 5.41) is 16.2. The second-order valence-electron chi connectivity index (χ2n) is 3.86. The Balaban J connectivity index is 2.19. The molecule has 5 nitrogen and oxygen atoms in total. The van der Waals surface area contributed by atoms with Gasteiger partial charge in [-0.1, -0.05) is 17.5 Å². The Bertz CT molecular complexity index is 580. The molecule has 0 radical (unpaired) electrons. The third-order valence-electron chi connectivity index (χ3n) is 2.56. The number of hydrogen-bond donors (Lipinski definition) is 2. The summed E-state index contributed by atoms with van der Waals surface area (Å²) in [7, 11) is 0. The fourth-order valence-electron chi connectivity index (χ4n) is 1.49. The van der Waals surface area contributed by atoms with Crippen molar-refractivity contribution in [3.05, 3.63) is 34.3 Å². The number of aromatic nitrogens is 2. The molecular formula is C12H13N3O2S. The fourth-order valence-corrected chi connectivity index (χ4v) is 2.13. The SMILES string of the molecule is CCc1nnsc1C(=O)Nc1ccc(C)c(O)c1. The van der Waals surface area contributed by atoms with Crippen molar-refractivity contribution >= 4 is 23.1 Å². The summed E-state index contributed by atoms with van der Waals surface area (Å²) in [5.41, 5.74) is 2.01. The van der Waals surface area contributed by atoms with E-state index >= 15 is 0 Å². The molecule has 0 aliphatic carbocycles. The normalized spacial score (nSPS) is 10.3. The third kappa shape index (κ3) is 2.48. The number of phenolic OH excluding ortho intramolecular Hbond substituents is 1. The summed E-state index contributed by atoms with van der Waals surface area (Å²) in [6.07, 6.45) is 0.665. The van der Waals surface area contributed by atoms with Crippen LogP contribution in [0.2, 0.25) is 0 Å².